The normalized spacial score (nSPS) is 12.1. The minimum atomic E-state index is -1.20. The van der Waals surface area contributed by atoms with Crippen LogP contribution in [0.4, 0.5) is 0 Å². The number of furan rings is 1. The summed E-state index contributed by atoms with van der Waals surface area (Å²) in [6, 6.07) is 2.28. The van der Waals surface area contributed by atoms with Crippen LogP contribution in [0.15, 0.2) is 28.2 Å². The third kappa shape index (κ3) is 3.22. The van der Waals surface area contributed by atoms with Crippen LogP contribution in [0.25, 0.3) is 10.8 Å². The fraction of sp³-hybridized carbons (Fsp3) is 0.250. The Balaban J connectivity index is 2.08. The summed E-state index contributed by atoms with van der Waals surface area (Å²) in [6.45, 7) is -0.327. The third-order valence-corrected chi connectivity index (χ3v) is 3.35. The number of aromatic nitrogens is 1. The van der Waals surface area contributed by atoms with Crippen LogP contribution in [0.2, 0.25) is 0 Å². The van der Waals surface area contributed by atoms with Crippen molar-refractivity contribution >= 4 is 23.2 Å². The maximum absolute atomic E-state index is 11.9. The van der Waals surface area contributed by atoms with Gasteiger partial charge >= 0.3 is 5.97 Å². The Hall–Kier alpha value is -2.19. The fourth-order valence-electron chi connectivity index (χ4n) is 1.51. The molecule has 2 rings (SSSR count). The Morgan fingerprint density at radius 2 is 2.30 bits per heavy atom. The quantitative estimate of drug-likeness (QED) is 0.732. The highest BCUT2D eigenvalue weighted by atomic mass is 32.1. The van der Waals surface area contributed by atoms with E-state index in [1.165, 1.54) is 23.0 Å². The number of nitrogens with zero attached hydrogens (tertiary/aromatic N) is 1. The second kappa shape index (κ2) is 6.31. The maximum Gasteiger partial charge on any atom is 0.326 e. The van der Waals surface area contributed by atoms with Crippen molar-refractivity contribution in [3.63, 3.8) is 0 Å². The average molecular weight is 296 g/mol. The predicted molar refractivity (Wildman–Crippen MR) is 70.4 cm³/mol. The summed E-state index contributed by atoms with van der Waals surface area (Å²) < 4.78 is 5.16. The Kier molecular flexibility index (Phi) is 4.49. The zero-order valence-corrected chi connectivity index (χ0v) is 11.1. The molecule has 7 nitrogen and oxygen atoms in total. The molecule has 106 valence electrons. The molecule has 20 heavy (non-hydrogen) atoms. The zero-order valence-electron chi connectivity index (χ0n) is 10.3. The van der Waals surface area contributed by atoms with Crippen molar-refractivity contribution in [1.82, 2.24) is 10.3 Å². The molecule has 0 aliphatic rings. The first-order chi connectivity index (χ1) is 9.61. The number of hydrogen-bond donors (Lipinski definition) is 3. The second-order valence-electron chi connectivity index (χ2n) is 3.89. The molecule has 1 atom stereocenters. The molecule has 1 unspecified atom stereocenters. The Morgan fingerprint density at radius 3 is 2.90 bits per heavy atom. The topological polar surface area (TPSA) is 113 Å². The highest BCUT2D eigenvalue weighted by molar-refractivity contribution is 7.13. The van der Waals surface area contributed by atoms with E-state index >= 15 is 0 Å². The number of aliphatic hydroxyl groups is 1. The minimum Gasteiger partial charge on any atom is -0.480 e. The lowest BCUT2D eigenvalue weighted by molar-refractivity contribution is -0.139. The molecule has 0 saturated heterocycles. The molecule has 2 aromatic heterocycles. The summed E-state index contributed by atoms with van der Waals surface area (Å²) in [5.41, 5.74) is 0.116. The van der Waals surface area contributed by atoms with Gasteiger partial charge in [0.15, 0.2) is 10.8 Å². The van der Waals surface area contributed by atoms with E-state index in [0.717, 1.165) is 0 Å². The van der Waals surface area contributed by atoms with Crippen molar-refractivity contribution in [3.8, 4) is 10.8 Å². The number of aliphatic carboxylic acids is 1. The zero-order chi connectivity index (χ0) is 14.5. The molecule has 0 fully saturated rings. The van der Waals surface area contributed by atoms with Crippen molar-refractivity contribution in [2.24, 2.45) is 0 Å². The molecule has 8 heteroatoms. The van der Waals surface area contributed by atoms with E-state index in [1.54, 1.807) is 12.1 Å². The van der Waals surface area contributed by atoms with E-state index in [2.05, 4.69) is 10.3 Å². The highest BCUT2D eigenvalue weighted by Gasteiger charge is 2.21. The number of aliphatic hydroxyl groups excluding tert-OH is 1. The van der Waals surface area contributed by atoms with Crippen LogP contribution in [-0.4, -0.2) is 39.7 Å². The van der Waals surface area contributed by atoms with Crippen molar-refractivity contribution in [3.05, 3.63) is 29.5 Å². The SMILES string of the molecule is O=C(NC(CCO)C(=O)O)c1csc(-c2ccco2)n1. The lowest BCUT2D eigenvalue weighted by Gasteiger charge is -2.11. The van der Waals surface area contributed by atoms with Gasteiger partial charge in [0.1, 0.15) is 11.7 Å². The smallest absolute Gasteiger partial charge is 0.326 e. The molecule has 0 aliphatic carbocycles. The Bertz CT molecular complexity index is 593. The van der Waals surface area contributed by atoms with Gasteiger partial charge < -0.3 is 19.9 Å². The molecule has 0 radical (unpaired) electrons. The maximum atomic E-state index is 11.9. The van der Waals surface area contributed by atoms with Crippen LogP contribution >= 0.6 is 11.3 Å². The van der Waals surface area contributed by atoms with Gasteiger partial charge in [-0.05, 0) is 12.1 Å². The molecule has 0 aromatic carbocycles. The first-order valence-corrected chi connectivity index (χ1v) is 6.63. The molecule has 0 bridgehead atoms. The summed E-state index contributed by atoms with van der Waals surface area (Å²) in [7, 11) is 0. The van der Waals surface area contributed by atoms with Gasteiger partial charge in [-0.25, -0.2) is 9.78 Å². The van der Waals surface area contributed by atoms with Crippen LogP contribution in [0.1, 0.15) is 16.9 Å². The molecule has 2 aromatic rings. The summed E-state index contributed by atoms with van der Waals surface area (Å²) in [5.74, 6) is -1.26. The number of nitrogens with one attached hydrogen (secondary N) is 1. The van der Waals surface area contributed by atoms with Gasteiger partial charge in [0, 0.05) is 18.4 Å². The summed E-state index contributed by atoms with van der Waals surface area (Å²) >= 11 is 1.22. The van der Waals surface area contributed by atoms with E-state index in [9.17, 15) is 9.59 Å². The number of hydrogen-bond acceptors (Lipinski definition) is 6. The van der Waals surface area contributed by atoms with Crippen molar-refractivity contribution in [2.45, 2.75) is 12.5 Å². The number of amides is 1. The van der Waals surface area contributed by atoms with Gasteiger partial charge in [-0.15, -0.1) is 11.3 Å². The van der Waals surface area contributed by atoms with Crippen molar-refractivity contribution in [2.75, 3.05) is 6.61 Å². The lowest BCUT2D eigenvalue weighted by atomic mass is 10.2. The van der Waals surface area contributed by atoms with E-state index < -0.39 is 17.9 Å². The van der Waals surface area contributed by atoms with Gasteiger partial charge in [0.05, 0.1) is 6.26 Å². The first-order valence-electron chi connectivity index (χ1n) is 5.75. The van der Waals surface area contributed by atoms with Crippen LogP contribution in [0, 0.1) is 0 Å². The lowest BCUT2D eigenvalue weighted by Crippen LogP contribution is -2.41. The molecule has 0 saturated carbocycles. The van der Waals surface area contributed by atoms with Crippen LogP contribution < -0.4 is 5.32 Å². The number of thiazole rings is 1. The standard InChI is InChI=1S/C12H12N2O5S/c15-4-3-7(12(17)18)13-10(16)8-6-20-11(14-8)9-2-1-5-19-9/h1-2,5-7,15H,3-4H2,(H,13,16)(H,17,18). The molecular weight excluding hydrogens is 284 g/mol. The second-order valence-corrected chi connectivity index (χ2v) is 4.75. The van der Waals surface area contributed by atoms with Gasteiger partial charge in [0.2, 0.25) is 0 Å². The summed E-state index contributed by atoms with van der Waals surface area (Å²) in [4.78, 5) is 26.8. The van der Waals surface area contributed by atoms with Crippen LogP contribution in [-0.2, 0) is 4.79 Å². The monoisotopic (exact) mass is 296 g/mol. The number of carboxylic acid groups (broad SMARTS) is 1. The van der Waals surface area contributed by atoms with E-state index in [4.69, 9.17) is 14.6 Å². The molecule has 2 heterocycles. The highest BCUT2D eigenvalue weighted by Crippen LogP contribution is 2.23. The average Bonchev–Trinajstić information content (AvgIpc) is 3.08. The molecule has 0 aliphatic heterocycles. The first kappa shape index (κ1) is 14.2. The van der Waals surface area contributed by atoms with Gasteiger partial charge in [-0.1, -0.05) is 0 Å². The Morgan fingerprint density at radius 1 is 1.50 bits per heavy atom. The Labute approximate surface area is 117 Å². The van der Waals surface area contributed by atoms with Crippen molar-refractivity contribution < 1.29 is 24.2 Å². The predicted octanol–water partition coefficient (Wildman–Crippen LogP) is 0.969. The van der Waals surface area contributed by atoms with Gasteiger partial charge in [-0.3, -0.25) is 4.79 Å². The molecule has 1 amide bonds. The fourth-order valence-corrected chi connectivity index (χ4v) is 2.28. The molecule has 0 spiro atoms. The van der Waals surface area contributed by atoms with Crippen LogP contribution in [0.5, 0.6) is 0 Å². The van der Waals surface area contributed by atoms with E-state index in [-0.39, 0.29) is 18.7 Å². The van der Waals surface area contributed by atoms with E-state index in [0.29, 0.717) is 10.8 Å². The number of carbonyl (C=O) groups excluding carboxylic acids is 1. The van der Waals surface area contributed by atoms with Gasteiger partial charge in [-0.2, -0.15) is 0 Å². The van der Waals surface area contributed by atoms with Crippen molar-refractivity contribution in [1.29, 1.82) is 0 Å². The van der Waals surface area contributed by atoms with Crippen LogP contribution in [0.3, 0.4) is 0 Å². The van der Waals surface area contributed by atoms with Gasteiger partial charge in [0.25, 0.3) is 5.91 Å². The summed E-state index contributed by atoms with van der Waals surface area (Å²) in [6.07, 6.45) is 1.44. The number of carbonyl (C=O) groups is 2. The third-order valence-electron chi connectivity index (χ3n) is 2.49. The number of rotatable bonds is 6. The summed E-state index contributed by atoms with van der Waals surface area (Å²) in [5, 5.41) is 22.0. The molecule has 3 N–H and O–H groups in total. The number of carboxylic acids is 1. The largest absolute Gasteiger partial charge is 0.480 e. The van der Waals surface area contributed by atoms with E-state index in [1.807, 2.05) is 0 Å². The molecular formula is C12H12N2O5S. The minimum absolute atomic E-state index is 0.0593.